The number of H-pyrrole nitrogens is 1. The van der Waals surface area contributed by atoms with Gasteiger partial charge in [-0.25, -0.2) is 0 Å². The number of nitrogens with zero attached hydrogens (tertiary/aromatic N) is 3. The number of nitrogens with one attached hydrogen (secondary N) is 1. The molecule has 1 aromatic rings. The maximum atomic E-state index is 6.09. The van der Waals surface area contributed by atoms with Crippen molar-refractivity contribution in [3.63, 3.8) is 0 Å². The van der Waals surface area contributed by atoms with E-state index in [1.165, 1.54) is 81.9 Å². The van der Waals surface area contributed by atoms with Gasteiger partial charge in [0, 0.05) is 50.6 Å². The summed E-state index contributed by atoms with van der Waals surface area (Å²) in [5.41, 5.74) is 2.66. The van der Waals surface area contributed by atoms with Crippen molar-refractivity contribution in [2.24, 2.45) is 0 Å². The Bertz CT molecular complexity index is 627. The van der Waals surface area contributed by atoms with E-state index in [-0.39, 0.29) is 5.60 Å². The molecule has 1 atom stereocenters. The molecular formula is C23H40N4O. The van der Waals surface area contributed by atoms with Crippen LogP contribution in [0.1, 0.15) is 64.5 Å². The summed E-state index contributed by atoms with van der Waals surface area (Å²) >= 11 is 0. The van der Waals surface area contributed by atoms with E-state index in [1.54, 1.807) is 0 Å². The number of rotatable bonds is 5. The van der Waals surface area contributed by atoms with Gasteiger partial charge < -0.3 is 24.4 Å². The maximum Gasteiger partial charge on any atom is 0.108 e. The van der Waals surface area contributed by atoms with Crippen LogP contribution in [0, 0.1) is 6.92 Å². The van der Waals surface area contributed by atoms with Gasteiger partial charge in [0.05, 0.1) is 11.3 Å². The molecular weight excluding hydrogens is 348 g/mol. The molecule has 28 heavy (non-hydrogen) atoms. The van der Waals surface area contributed by atoms with Crippen LogP contribution in [0.3, 0.4) is 0 Å². The van der Waals surface area contributed by atoms with Crippen LogP contribution < -0.4 is 9.80 Å². The van der Waals surface area contributed by atoms with Gasteiger partial charge in [0.15, 0.2) is 0 Å². The Morgan fingerprint density at radius 1 is 1.04 bits per heavy atom. The summed E-state index contributed by atoms with van der Waals surface area (Å²) in [6.07, 6.45) is 9.21. The number of ether oxygens (including phenoxy) is 1. The maximum absolute atomic E-state index is 6.09. The highest BCUT2D eigenvalue weighted by atomic mass is 16.5. The fourth-order valence-corrected chi connectivity index (χ4v) is 5.66. The first kappa shape index (κ1) is 20.1. The highest BCUT2D eigenvalue weighted by molar-refractivity contribution is 5.61. The largest absolute Gasteiger partial charge is 0.374 e. The molecule has 1 N–H and O–H groups in total. The van der Waals surface area contributed by atoms with Gasteiger partial charge in [0.25, 0.3) is 0 Å². The van der Waals surface area contributed by atoms with Crippen LogP contribution in [-0.2, 0) is 4.74 Å². The van der Waals surface area contributed by atoms with E-state index in [2.05, 4.69) is 46.5 Å². The minimum atomic E-state index is -0.0103. The van der Waals surface area contributed by atoms with E-state index >= 15 is 0 Å². The Labute approximate surface area is 171 Å². The third kappa shape index (κ3) is 4.35. The molecule has 1 aromatic heterocycles. The normalized spacial score (nSPS) is 28.1. The zero-order valence-corrected chi connectivity index (χ0v) is 18.3. The van der Waals surface area contributed by atoms with Crippen LogP contribution in [-0.4, -0.2) is 67.4 Å². The van der Waals surface area contributed by atoms with Gasteiger partial charge >= 0.3 is 0 Å². The smallest absolute Gasteiger partial charge is 0.108 e. The van der Waals surface area contributed by atoms with Crippen molar-refractivity contribution in [2.75, 3.05) is 55.7 Å². The van der Waals surface area contributed by atoms with Crippen LogP contribution in [0.5, 0.6) is 0 Å². The van der Waals surface area contributed by atoms with Crippen molar-refractivity contribution in [3.8, 4) is 0 Å². The predicted molar refractivity (Wildman–Crippen MR) is 118 cm³/mol. The summed E-state index contributed by atoms with van der Waals surface area (Å²) in [4.78, 5) is 11.6. The Morgan fingerprint density at radius 3 is 2.50 bits per heavy atom. The second-order valence-corrected chi connectivity index (χ2v) is 9.39. The molecule has 0 bridgehead atoms. The molecule has 0 radical (unpaired) electrons. The minimum Gasteiger partial charge on any atom is -0.374 e. The molecule has 5 nitrogen and oxygen atoms in total. The molecule has 3 aliphatic heterocycles. The lowest BCUT2D eigenvalue weighted by Crippen LogP contribution is -2.48. The van der Waals surface area contributed by atoms with E-state index in [0.29, 0.717) is 0 Å². The number of hydrogen-bond donors (Lipinski definition) is 1. The summed E-state index contributed by atoms with van der Waals surface area (Å²) in [7, 11) is 0. The number of aromatic nitrogens is 1. The van der Waals surface area contributed by atoms with Crippen molar-refractivity contribution in [3.05, 3.63) is 11.8 Å². The van der Waals surface area contributed by atoms with Crippen LogP contribution in [0.4, 0.5) is 11.5 Å². The van der Waals surface area contributed by atoms with Gasteiger partial charge in [-0.3, -0.25) is 0 Å². The van der Waals surface area contributed by atoms with Gasteiger partial charge in [-0.1, -0.05) is 6.42 Å². The molecule has 3 fully saturated rings. The predicted octanol–water partition coefficient (Wildman–Crippen LogP) is 4.17. The number of aromatic amines is 1. The summed E-state index contributed by atoms with van der Waals surface area (Å²) in [6.45, 7) is 14.5. The lowest BCUT2D eigenvalue weighted by molar-refractivity contribution is -0.0334. The van der Waals surface area contributed by atoms with Gasteiger partial charge in [-0.2, -0.15) is 0 Å². The molecule has 0 spiro atoms. The van der Waals surface area contributed by atoms with Gasteiger partial charge in [-0.05, 0) is 72.4 Å². The fourth-order valence-electron chi connectivity index (χ4n) is 5.66. The second-order valence-electron chi connectivity index (χ2n) is 9.39. The van der Waals surface area contributed by atoms with Crippen molar-refractivity contribution in [1.29, 1.82) is 0 Å². The molecule has 4 rings (SSSR count). The van der Waals surface area contributed by atoms with Crippen LogP contribution in [0.25, 0.3) is 0 Å². The number of anilines is 2. The monoisotopic (exact) mass is 388 g/mol. The van der Waals surface area contributed by atoms with Crippen LogP contribution >= 0.6 is 0 Å². The average molecular weight is 389 g/mol. The fraction of sp³-hybridized carbons (Fsp3) is 0.826. The molecule has 1 unspecified atom stereocenters. The number of hydrogen-bond acceptors (Lipinski definition) is 4. The molecule has 0 amide bonds. The number of likely N-dealkylation sites (tertiary alicyclic amines) is 1. The van der Waals surface area contributed by atoms with Crippen LogP contribution in [0.2, 0.25) is 0 Å². The first-order valence-corrected chi connectivity index (χ1v) is 11.7. The molecule has 5 heteroatoms. The highest BCUT2D eigenvalue weighted by Crippen LogP contribution is 2.34. The molecule has 4 heterocycles. The summed E-state index contributed by atoms with van der Waals surface area (Å²) < 4.78 is 6.09. The van der Waals surface area contributed by atoms with Gasteiger partial charge in [-0.15, -0.1) is 0 Å². The Kier molecular flexibility index (Phi) is 6.21. The van der Waals surface area contributed by atoms with Crippen molar-refractivity contribution in [1.82, 2.24) is 9.88 Å². The molecule has 3 saturated heterocycles. The van der Waals surface area contributed by atoms with Crippen molar-refractivity contribution < 1.29 is 4.74 Å². The summed E-state index contributed by atoms with van der Waals surface area (Å²) in [5, 5.41) is 0. The highest BCUT2D eigenvalue weighted by Gasteiger charge is 2.33. The van der Waals surface area contributed by atoms with E-state index < -0.39 is 0 Å². The summed E-state index contributed by atoms with van der Waals surface area (Å²) in [6, 6.07) is 3.20. The molecule has 3 aliphatic rings. The minimum absolute atomic E-state index is 0.0103. The zero-order valence-electron chi connectivity index (χ0n) is 18.3. The third-order valence-corrected chi connectivity index (χ3v) is 7.18. The number of piperidine rings is 3. The van der Waals surface area contributed by atoms with E-state index in [0.717, 1.165) is 32.2 Å². The Balaban J connectivity index is 1.38. The van der Waals surface area contributed by atoms with Gasteiger partial charge in [0.1, 0.15) is 5.82 Å². The van der Waals surface area contributed by atoms with Crippen molar-refractivity contribution >= 4 is 11.5 Å². The lowest BCUT2D eigenvalue weighted by atomic mass is 9.94. The third-order valence-electron chi connectivity index (χ3n) is 7.18. The topological polar surface area (TPSA) is 34.7 Å². The van der Waals surface area contributed by atoms with E-state index in [9.17, 15) is 0 Å². The van der Waals surface area contributed by atoms with E-state index in [1.807, 2.05) is 0 Å². The zero-order chi connectivity index (χ0) is 19.6. The first-order valence-electron chi connectivity index (χ1n) is 11.7. The quantitative estimate of drug-likeness (QED) is 0.821. The van der Waals surface area contributed by atoms with E-state index in [4.69, 9.17) is 4.74 Å². The molecule has 0 aliphatic carbocycles. The standard InChI is InChI=1S/C23H40N4O/c1-4-28-23(3)11-8-14-27(18-23)21-17-22(24-19(21)2)26-15-9-20(10-16-26)25-12-6-5-7-13-25/h17,20,24H,4-16,18H2,1-3H3. The molecule has 0 aromatic carbocycles. The Hall–Kier alpha value is -1.20. The average Bonchev–Trinajstić information content (AvgIpc) is 3.10. The van der Waals surface area contributed by atoms with Crippen LogP contribution in [0.15, 0.2) is 6.07 Å². The summed E-state index contributed by atoms with van der Waals surface area (Å²) in [5.74, 6) is 1.31. The first-order chi connectivity index (χ1) is 13.6. The number of aryl methyl sites for hydroxylation is 1. The second kappa shape index (κ2) is 8.66. The SMILES string of the molecule is CCOC1(C)CCCN(c2cc(N3CCC(N4CCCCC4)CC3)[nH]c2C)C1. The van der Waals surface area contributed by atoms with Gasteiger partial charge in [0.2, 0.25) is 0 Å². The lowest BCUT2D eigenvalue weighted by Gasteiger charge is -2.41. The molecule has 0 saturated carbocycles. The molecule has 158 valence electrons. The van der Waals surface area contributed by atoms with Crippen molar-refractivity contribution in [2.45, 2.75) is 77.4 Å². The Morgan fingerprint density at radius 2 is 1.79 bits per heavy atom.